The highest BCUT2D eigenvalue weighted by atomic mass is 16.7. The van der Waals surface area contributed by atoms with Crippen LogP contribution >= 0.6 is 0 Å². The maximum absolute atomic E-state index is 12.6. The normalized spacial score (nSPS) is 18.3. The zero-order chi connectivity index (χ0) is 52.9. The van der Waals surface area contributed by atoms with E-state index in [0.29, 0.717) is 59.0 Å². The Bertz CT molecular complexity index is 1170. The second kappa shape index (κ2) is 53.7. The molecule has 1 aliphatic heterocycles. The molecular formula is C58H114N2O13. The Morgan fingerprint density at radius 2 is 0.904 bits per heavy atom. The zero-order valence-corrected chi connectivity index (χ0v) is 46.9. The van der Waals surface area contributed by atoms with E-state index >= 15 is 0 Å². The standard InChI is InChI=1S/C58H114N2O13/c1-3-5-7-9-11-13-15-17-19-21-23-25-27-29-31-36-41-69-49-51(70-42-37-32-30-28-26-24-22-20-18-16-14-12-10-8-6-4-2)50-72-58(66)60-39-35-33-34-38-53(62)59-40-43-67-44-45-68-46-47-71-57-56(65)55(64)54(63)52(48-61)73-57/h51-52,54-57,61,63-65H,3-50H2,1-2H3,(H,59,62)(H,60,66)/t51-,52?,54-,55-,56?,57+/m0/s1. The maximum atomic E-state index is 12.6. The topological polar surface area (TPSA) is 204 Å². The summed E-state index contributed by atoms with van der Waals surface area (Å²) < 4.78 is 39.4. The molecule has 15 nitrogen and oxygen atoms in total. The fourth-order valence-electron chi connectivity index (χ4n) is 9.11. The summed E-state index contributed by atoms with van der Waals surface area (Å²) in [6.45, 7) is 7.97. The molecule has 0 aromatic rings. The van der Waals surface area contributed by atoms with E-state index in [4.69, 9.17) is 33.2 Å². The molecular weight excluding hydrogens is 933 g/mol. The van der Waals surface area contributed by atoms with E-state index in [1.807, 2.05) is 0 Å². The molecule has 0 aromatic heterocycles. The summed E-state index contributed by atoms with van der Waals surface area (Å²) in [5, 5.41) is 44.6. The van der Waals surface area contributed by atoms with Crippen LogP contribution in [0, 0.1) is 0 Å². The van der Waals surface area contributed by atoms with Crippen LogP contribution in [0.2, 0.25) is 0 Å². The zero-order valence-electron chi connectivity index (χ0n) is 46.9. The van der Waals surface area contributed by atoms with E-state index in [1.165, 1.54) is 186 Å². The van der Waals surface area contributed by atoms with Crippen molar-refractivity contribution in [2.75, 3.05) is 79.2 Å². The molecule has 1 fully saturated rings. The van der Waals surface area contributed by atoms with Gasteiger partial charge in [0.1, 0.15) is 37.1 Å². The van der Waals surface area contributed by atoms with E-state index < -0.39 is 43.4 Å². The number of amides is 2. The van der Waals surface area contributed by atoms with E-state index in [-0.39, 0.29) is 38.4 Å². The Hall–Kier alpha value is -1.66. The average Bonchev–Trinajstić information content (AvgIpc) is 3.39. The van der Waals surface area contributed by atoms with Gasteiger partial charge in [0, 0.05) is 32.7 Å². The molecule has 0 aliphatic carbocycles. The van der Waals surface area contributed by atoms with Crippen LogP contribution in [0.1, 0.15) is 245 Å². The van der Waals surface area contributed by atoms with Crippen molar-refractivity contribution in [1.29, 1.82) is 0 Å². The molecule has 73 heavy (non-hydrogen) atoms. The predicted octanol–water partition coefficient (Wildman–Crippen LogP) is 11.2. The summed E-state index contributed by atoms with van der Waals surface area (Å²) in [5.74, 6) is -0.0554. The molecule has 6 N–H and O–H groups in total. The van der Waals surface area contributed by atoms with Crippen molar-refractivity contribution >= 4 is 12.0 Å². The molecule has 1 saturated heterocycles. The van der Waals surface area contributed by atoms with Crippen molar-refractivity contribution in [2.24, 2.45) is 0 Å². The molecule has 1 rings (SSSR count). The van der Waals surface area contributed by atoms with Gasteiger partial charge in [-0.15, -0.1) is 0 Å². The van der Waals surface area contributed by atoms with Crippen LogP contribution in [0.4, 0.5) is 4.79 Å². The summed E-state index contributed by atoms with van der Waals surface area (Å²) in [6, 6.07) is 0. The highest BCUT2D eigenvalue weighted by molar-refractivity contribution is 5.75. The van der Waals surface area contributed by atoms with E-state index in [0.717, 1.165) is 32.1 Å². The lowest BCUT2D eigenvalue weighted by Crippen LogP contribution is -2.59. The lowest BCUT2D eigenvalue weighted by atomic mass is 9.99. The van der Waals surface area contributed by atoms with Gasteiger partial charge in [0.05, 0.1) is 46.2 Å². The van der Waals surface area contributed by atoms with Crippen molar-refractivity contribution in [2.45, 2.75) is 282 Å². The van der Waals surface area contributed by atoms with Gasteiger partial charge in [0.25, 0.3) is 0 Å². The van der Waals surface area contributed by atoms with Gasteiger partial charge in [-0.25, -0.2) is 4.79 Å². The minimum atomic E-state index is -1.49. The number of unbranched alkanes of at least 4 members (excludes halogenated alkanes) is 32. The van der Waals surface area contributed by atoms with E-state index in [2.05, 4.69) is 24.5 Å². The lowest BCUT2D eigenvalue weighted by molar-refractivity contribution is -0.302. The number of aliphatic hydroxyl groups excluding tert-OH is 4. The van der Waals surface area contributed by atoms with Crippen LogP contribution in [0.25, 0.3) is 0 Å². The number of alkyl carbamates (subject to hydrolysis) is 1. The second-order valence-electron chi connectivity index (χ2n) is 20.7. The molecule has 0 aromatic carbocycles. The first-order chi connectivity index (χ1) is 35.8. The lowest BCUT2D eigenvalue weighted by Gasteiger charge is -2.39. The largest absolute Gasteiger partial charge is 0.447 e. The summed E-state index contributed by atoms with van der Waals surface area (Å²) in [7, 11) is 0. The second-order valence-corrected chi connectivity index (χ2v) is 20.7. The molecule has 15 heteroatoms. The van der Waals surface area contributed by atoms with E-state index in [1.54, 1.807) is 0 Å². The van der Waals surface area contributed by atoms with Crippen LogP contribution in [0.5, 0.6) is 0 Å². The molecule has 0 radical (unpaired) electrons. The van der Waals surface area contributed by atoms with Crippen molar-refractivity contribution in [1.82, 2.24) is 10.6 Å². The third-order valence-corrected chi connectivity index (χ3v) is 13.8. The first-order valence-corrected chi connectivity index (χ1v) is 30.3. The highest BCUT2D eigenvalue weighted by Crippen LogP contribution is 2.22. The van der Waals surface area contributed by atoms with Crippen LogP contribution in [0.15, 0.2) is 0 Å². The fourth-order valence-corrected chi connectivity index (χ4v) is 9.11. The van der Waals surface area contributed by atoms with Gasteiger partial charge in [0.15, 0.2) is 6.29 Å². The Morgan fingerprint density at radius 3 is 1.41 bits per heavy atom. The molecule has 2 amide bonds. The predicted molar refractivity (Wildman–Crippen MR) is 292 cm³/mol. The molecule has 1 aliphatic rings. The molecule has 434 valence electrons. The Morgan fingerprint density at radius 1 is 0.452 bits per heavy atom. The SMILES string of the molecule is CCCCCCCCCCCCCCCCCCOC[C@@H](COC(=O)NCCCCCC(=O)NCCOCCOCCO[C@@H]1OC(CO)[C@H](O)[C@H](O)C1O)OCCCCCCCCCCCCCCCCCC. The minimum Gasteiger partial charge on any atom is -0.447 e. The summed E-state index contributed by atoms with van der Waals surface area (Å²) >= 11 is 0. The number of nitrogens with one attached hydrogen (secondary N) is 2. The fraction of sp³-hybridized carbons (Fsp3) is 0.966. The third-order valence-electron chi connectivity index (χ3n) is 13.8. The highest BCUT2D eigenvalue weighted by Gasteiger charge is 2.44. The molecule has 6 atom stereocenters. The molecule has 2 unspecified atom stereocenters. The van der Waals surface area contributed by atoms with Crippen molar-refractivity contribution in [3.8, 4) is 0 Å². The number of carbonyl (C=O) groups excluding carboxylic acids is 2. The van der Waals surface area contributed by atoms with Gasteiger partial charge in [-0.3, -0.25) is 4.79 Å². The molecule has 0 saturated carbocycles. The maximum Gasteiger partial charge on any atom is 0.407 e. The van der Waals surface area contributed by atoms with Crippen molar-refractivity contribution in [3.63, 3.8) is 0 Å². The Kier molecular flexibility index (Phi) is 51.0. The number of rotatable bonds is 56. The molecule has 1 heterocycles. The summed E-state index contributed by atoms with van der Waals surface area (Å²) in [6.07, 6.45) is 38.0. The summed E-state index contributed by atoms with van der Waals surface area (Å²) in [4.78, 5) is 24.8. The molecule has 0 spiro atoms. The van der Waals surface area contributed by atoms with Gasteiger partial charge >= 0.3 is 6.09 Å². The number of hydrogen-bond acceptors (Lipinski definition) is 13. The van der Waals surface area contributed by atoms with Gasteiger partial charge in [-0.2, -0.15) is 0 Å². The quantitative estimate of drug-likeness (QED) is 0.0314. The Labute approximate surface area is 445 Å². The van der Waals surface area contributed by atoms with Crippen LogP contribution in [-0.2, 0) is 38.0 Å². The Balaban J connectivity index is 2.16. The van der Waals surface area contributed by atoms with Crippen LogP contribution in [0.3, 0.4) is 0 Å². The minimum absolute atomic E-state index is 0.0554. The van der Waals surface area contributed by atoms with Crippen LogP contribution in [-0.4, -0.2) is 148 Å². The van der Waals surface area contributed by atoms with Gasteiger partial charge in [-0.05, 0) is 25.7 Å². The van der Waals surface area contributed by atoms with Gasteiger partial charge < -0.3 is 64.2 Å². The molecule has 0 bridgehead atoms. The first-order valence-electron chi connectivity index (χ1n) is 30.3. The van der Waals surface area contributed by atoms with Crippen molar-refractivity contribution < 1.29 is 63.2 Å². The smallest absolute Gasteiger partial charge is 0.407 e. The van der Waals surface area contributed by atoms with Gasteiger partial charge in [0.2, 0.25) is 5.91 Å². The van der Waals surface area contributed by atoms with Gasteiger partial charge in [-0.1, -0.05) is 213 Å². The van der Waals surface area contributed by atoms with Crippen molar-refractivity contribution in [3.05, 3.63) is 0 Å². The number of aliphatic hydroxyl groups is 4. The third kappa shape index (κ3) is 44.1. The number of carbonyl (C=O) groups is 2. The first kappa shape index (κ1) is 69.4. The average molecular weight is 1050 g/mol. The monoisotopic (exact) mass is 1050 g/mol. The van der Waals surface area contributed by atoms with Crippen LogP contribution < -0.4 is 10.6 Å². The number of ether oxygens (including phenoxy) is 7. The summed E-state index contributed by atoms with van der Waals surface area (Å²) in [5.41, 5.74) is 0. The number of hydrogen-bond donors (Lipinski definition) is 6. The van der Waals surface area contributed by atoms with E-state index in [9.17, 15) is 30.0 Å².